The summed E-state index contributed by atoms with van der Waals surface area (Å²) in [5.74, 6) is 0.536. The van der Waals surface area contributed by atoms with E-state index in [9.17, 15) is 8.42 Å². The standard InChI is InChI=1S/C18H22N4O2S/c23-25(24,22-10-7-18(8-11-22)6-9-19-14-18)16-12-20-17(21-13-16)15-4-2-1-3-5-15/h1-5,12-13,19H,6-11,14H2. The third-order valence-electron chi connectivity index (χ3n) is 5.41. The van der Waals surface area contributed by atoms with Crippen LogP contribution in [0, 0.1) is 5.41 Å². The highest BCUT2D eigenvalue weighted by molar-refractivity contribution is 7.89. The summed E-state index contributed by atoms with van der Waals surface area (Å²) in [5, 5.41) is 3.40. The average molecular weight is 358 g/mol. The van der Waals surface area contributed by atoms with Crippen molar-refractivity contribution < 1.29 is 8.42 Å². The first kappa shape index (κ1) is 16.6. The number of piperidine rings is 1. The molecule has 132 valence electrons. The van der Waals surface area contributed by atoms with Crippen molar-refractivity contribution >= 4 is 10.0 Å². The van der Waals surface area contributed by atoms with Crippen LogP contribution in [0.15, 0.2) is 47.6 Å². The van der Waals surface area contributed by atoms with E-state index in [0.29, 0.717) is 24.3 Å². The highest BCUT2D eigenvalue weighted by Gasteiger charge is 2.40. The number of aromatic nitrogens is 2. The third-order valence-corrected chi connectivity index (χ3v) is 7.26. The minimum atomic E-state index is -3.52. The van der Waals surface area contributed by atoms with E-state index in [0.717, 1.165) is 37.9 Å². The van der Waals surface area contributed by atoms with Gasteiger partial charge in [-0.1, -0.05) is 30.3 Å². The molecule has 6 nitrogen and oxygen atoms in total. The Morgan fingerprint density at radius 1 is 1.00 bits per heavy atom. The molecule has 1 aromatic carbocycles. The first-order chi connectivity index (χ1) is 12.1. The minimum Gasteiger partial charge on any atom is -0.316 e. The van der Waals surface area contributed by atoms with Crippen LogP contribution in [0.4, 0.5) is 0 Å². The highest BCUT2D eigenvalue weighted by Crippen LogP contribution is 2.38. The van der Waals surface area contributed by atoms with Crippen molar-refractivity contribution in [3.63, 3.8) is 0 Å². The van der Waals surface area contributed by atoms with Gasteiger partial charge in [0.05, 0.1) is 12.4 Å². The van der Waals surface area contributed by atoms with Crippen LogP contribution in [0.25, 0.3) is 11.4 Å². The number of nitrogens with one attached hydrogen (secondary N) is 1. The molecule has 3 heterocycles. The molecule has 1 aromatic heterocycles. The first-order valence-electron chi connectivity index (χ1n) is 8.68. The number of sulfonamides is 1. The fraction of sp³-hybridized carbons (Fsp3) is 0.444. The molecule has 1 spiro atoms. The smallest absolute Gasteiger partial charge is 0.246 e. The van der Waals surface area contributed by atoms with Crippen LogP contribution in [-0.4, -0.2) is 48.9 Å². The predicted octanol–water partition coefficient (Wildman–Crippen LogP) is 1.91. The van der Waals surface area contributed by atoms with Crippen LogP contribution >= 0.6 is 0 Å². The molecule has 4 rings (SSSR count). The van der Waals surface area contributed by atoms with Gasteiger partial charge in [-0.25, -0.2) is 18.4 Å². The second-order valence-corrected chi connectivity index (χ2v) is 8.88. The van der Waals surface area contributed by atoms with Crippen LogP contribution < -0.4 is 5.32 Å². The predicted molar refractivity (Wildman–Crippen MR) is 95.4 cm³/mol. The van der Waals surface area contributed by atoms with Gasteiger partial charge in [-0.3, -0.25) is 0 Å². The van der Waals surface area contributed by atoms with E-state index >= 15 is 0 Å². The maximum Gasteiger partial charge on any atom is 0.246 e. The van der Waals surface area contributed by atoms with E-state index in [1.165, 1.54) is 12.4 Å². The van der Waals surface area contributed by atoms with Crippen molar-refractivity contribution in [2.45, 2.75) is 24.2 Å². The van der Waals surface area contributed by atoms with Gasteiger partial charge in [-0.05, 0) is 31.2 Å². The zero-order valence-electron chi connectivity index (χ0n) is 14.1. The monoisotopic (exact) mass is 358 g/mol. The molecular formula is C18H22N4O2S. The zero-order chi connectivity index (χ0) is 17.3. The lowest BCUT2D eigenvalue weighted by Gasteiger charge is -2.38. The molecular weight excluding hydrogens is 336 g/mol. The second-order valence-electron chi connectivity index (χ2n) is 6.94. The summed E-state index contributed by atoms with van der Waals surface area (Å²) in [4.78, 5) is 8.68. The molecule has 0 amide bonds. The Hall–Kier alpha value is -1.83. The molecule has 0 bridgehead atoms. The largest absolute Gasteiger partial charge is 0.316 e. The molecule has 0 saturated carbocycles. The fourth-order valence-electron chi connectivity index (χ4n) is 3.76. The number of benzene rings is 1. The van der Waals surface area contributed by atoms with Gasteiger partial charge in [0.1, 0.15) is 4.90 Å². The molecule has 7 heteroatoms. The van der Waals surface area contributed by atoms with Gasteiger partial charge >= 0.3 is 0 Å². The maximum absolute atomic E-state index is 12.9. The molecule has 2 aromatic rings. The lowest BCUT2D eigenvalue weighted by atomic mass is 9.78. The Labute approximate surface area is 148 Å². The summed E-state index contributed by atoms with van der Waals surface area (Å²) in [5.41, 5.74) is 1.17. The van der Waals surface area contributed by atoms with Gasteiger partial charge in [-0.15, -0.1) is 0 Å². The molecule has 0 radical (unpaired) electrons. The lowest BCUT2D eigenvalue weighted by Crippen LogP contribution is -2.44. The highest BCUT2D eigenvalue weighted by atomic mass is 32.2. The van der Waals surface area contributed by atoms with Crippen LogP contribution in [0.1, 0.15) is 19.3 Å². The normalized spacial score (nSPS) is 20.8. The van der Waals surface area contributed by atoms with Crippen LogP contribution in [-0.2, 0) is 10.0 Å². The summed E-state index contributed by atoms with van der Waals surface area (Å²) in [6, 6.07) is 9.55. The Bertz CT molecular complexity index is 821. The van der Waals surface area contributed by atoms with Crippen molar-refractivity contribution in [3.05, 3.63) is 42.7 Å². The molecule has 0 unspecified atom stereocenters. The quantitative estimate of drug-likeness (QED) is 0.907. The zero-order valence-corrected chi connectivity index (χ0v) is 14.9. The third kappa shape index (κ3) is 3.19. The minimum absolute atomic E-state index is 0.174. The Morgan fingerprint density at radius 3 is 2.28 bits per heavy atom. The molecule has 2 fully saturated rings. The van der Waals surface area contributed by atoms with Crippen molar-refractivity contribution in [2.75, 3.05) is 26.2 Å². The van der Waals surface area contributed by atoms with E-state index in [1.807, 2.05) is 30.3 Å². The fourth-order valence-corrected chi connectivity index (χ4v) is 5.09. The molecule has 2 aliphatic rings. The van der Waals surface area contributed by atoms with E-state index in [4.69, 9.17) is 0 Å². The molecule has 2 saturated heterocycles. The van der Waals surface area contributed by atoms with Crippen molar-refractivity contribution in [3.8, 4) is 11.4 Å². The van der Waals surface area contributed by atoms with Crippen LogP contribution in [0.2, 0.25) is 0 Å². The second kappa shape index (κ2) is 6.48. The average Bonchev–Trinajstić information content (AvgIpc) is 3.11. The van der Waals surface area contributed by atoms with Gasteiger partial charge in [0.15, 0.2) is 5.82 Å². The molecule has 25 heavy (non-hydrogen) atoms. The summed E-state index contributed by atoms with van der Waals surface area (Å²) >= 11 is 0. The van der Waals surface area contributed by atoms with Gasteiger partial charge in [0.25, 0.3) is 0 Å². The first-order valence-corrected chi connectivity index (χ1v) is 10.1. The Kier molecular flexibility index (Phi) is 4.31. The van der Waals surface area contributed by atoms with Gasteiger partial charge in [0, 0.05) is 25.2 Å². The number of nitrogens with zero attached hydrogens (tertiary/aromatic N) is 3. The summed E-state index contributed by atoms with van der Waals surface area (Å²) in [6.45, 7) is 3.20. The Morgan fingerprint density at radius 2 is 1.68 bits per heavy atom. The molecule has 0 aliphatic carbocycles. The Balaban J connectivity index is 1.51. The maximum atomic E-state index is 12.9. The van der Waals surface area contributed by atoms with Crippen molar-refractivity contribution in [2.24, 2.45) is 5.41 Å². The number of hydrogen-bond acceptors (Lipinski definition) is 5. The SMILES string of the molecule is O=S(=O)(c1cnc(-c2ccccc2)nc1)N1CCC2(CCNC2)CC1. The summed E-state index contributed by atoms with van der Waals surface area (Å²) in [6.07, 6.45) is 5.83. The van der Waals surface area contributed by atoms with Gasteiger partial charge < -0.3 is 5.32 Å². The van der Waals surface area contributed by atoms with E-state index in [2.05, 4.69) is 15.3 Å². The van der Waals surface area contributed by atoms with Gasteiger partial charge in [-0.2, -0.15) is 4.31 Å². The molecule has 2 aliphatic heterocycles. The number of hydrogen-bond donors (Lipinski definition) is 1. The van der Waals surface area contributed by atoms with E-state index in [1.54, 1.807) is 4.31 Å². The van der Waals surface area contributed by atoms with E-state index in [-0.39, 0.29) is 4.90 Å². The van der Waals surface area contributed by atoms with E-state index < -0.39 is 10.0 Å². The molecule has 0 atom stereocenters. The van der Waals surface area contributed by atoms with Crippen molar-refractivity contribution in [1.82, 2.24) is 19.6 Å². The topological polar surface area (TPSA) is 75.2 Å². The van der Waals surface area contributed by atoms with Crippen LogP contribution in [0.5, 0.6) is 0 Å². The molecule has 1 N–H and O–H groups in total. The number of rotatable bonds is 3. The summed E-state index contributed by atoms with van der Waals surface area (Å²) < 4.78 is 27.3. The van der Waals surface area contributed by atoms with Crippen LogP contribution in [0.3, 0.4) is 0 Å². The summed E-state index contributed by atoms with van der Waals surface area (Å²) in [7, 11) is -3.52. The lowest BCUT2D eigenvalue weighted by molar-refractivity contribution is 0.175. The van der Waals surface area contributed by atoms with Gasteiger partial charge in [0.2, 0.25) is 10.0 Å². The van der Waals surface area contributed by atoms with Crippen molar-refractivity contribution in [1.29, 1.82) is 0 Å².